The highest BCUT2D eigenvalue weighted by Crippen LogP contribution is 2.38. The van der Waals surface area contributed by atoms with Gasteiger partial charge in [-0.2, -0.15) is 0 Å². The SMILES string of the molecule is CC/C=C\C/C=C\C/C=C\C/C=C\C/C=C\CCCCCCCCCCCCCC(=O)OC(/C=C\CCCCCCCCCCC)C(COP(=O)([O-])OCC[N+](C)(C)C)NC(=O)CCCCCCCCCC/C=C\C/C=C\C/C=C\CCCCC. The normalized spacial score (nSPS) is 14.2. The number of phosphoric ester groups is 1. The summed E-state index contributed by atoms with van der Waals surface area (Å²) in [5, 5.41) is 3.03. The van der Waals surface area contributed by atoms with Crippen LogP contribution in [-0.2, 0) is 27.9 Å². The van der Waals surface area contributed by atoms with Crippen molar-refractivity contribution in [3.63, 3.8) is 0 Å². The summed E-state index contributed by atoms with van der Waals surface area (Å²) in [6, 6.07) is -0.900. The van der Waals surface area contributed by atoms with Crippen molar-refractivity contribution < 1.29 is 37.3 Å². The molecule has 0 bridgehead atoms. The van der Waals surface area contributed by atoms with Crippen LogP contribution in [0.5, 0.6) is 0 Å². The van der Waals surface area contributed by atoms with E-state index in [1.807, 2.05) is 33.3 Å². The summed E-state index contributed by atoms with van der Waals surface area (Å²) in [6.45, 7) is 6.70. The largest absolute Gasteiger partial charge is 0.756 e. The Morgan fingerprint density at radius 2 is 0.753 bits per heavy atom. The van der Waals surface area contributed by atoms with E-state index in [0.29, 0.717) is 17.4 Å². The standard InChI is InChI=1S/C75H133N2O7P/c1-7-10-13-16-19-22-25-27-29-31-33-35-36-37-38-39-40-42-44-46-48-50-53-56-59-62-65-68-75(79)84-73(66-63-60-57-54-51-24-21-18-15-12-9-3)72(71-83-85(80,81)82-70-69-77(4,5)6)76-74(78)67-64-61-58-55-52-49-47-45-43-41-34-32-30-28-26-23-20-17-14-11-8-2/h10,13,19-20,22-23,27-30,33-35,37-38,41,63,66,72-73H,7-9,11-12,14-18,21,24-26,31-32,36,39-40,42-62,64-65,67-71H2,1-6H3,(H-,76,78,80,81)/b13-10-,22-19-,23-20-,29-27-,30-28-,35-33-,38-37-,41-34-,66-63-. The number of esters is 1. The first-order chi connectivity index (χ1) is 41.4. The first kappa shape index (κ1) is 81.7. The third-order valence-electron chi connectivity index (χ3n) is 15.2. The molecule has 3 unspecified atom stereocenters. The Labute approximate surface area is 525 Å². The smallest absolute Gasteiger partial charge is 0.306 e. The van der Waals surface area contributed by atoms with Gasteiger partial charge in [0.05, 0.1) is 33.8 Å². The van der Waals surface area contributed by atoms with Gasteiger partial charge in [-0.3, -0.25) is 14.2 Å². The molecular formula is C75H133N2O7P. The van der Waals surface area contributed by atoms with Gasteiger partial charge in [0.25, 0.3) is 7.82 Å². The molecule has 0 heterocycles. The first-order valence-electron chi connectivity index (χ1n) is 35.2. The Morgan fingerprint density at radius 1 is 0.424 bits per heavy atom. The average Bonchev–Trinajstić information content (AvgIpc) is 3.59. The van der Waals surface area contributed by atoms with Gasteiger partial charge in [-0.1, -0.05) is 285 Å². The van der Waals surface area contributed by atoms with E-state index in [9.17, 15) is 19.0 Å². The molecule has 0 aliphatic heterocycles. The zero-order chi connectivity index (χ0) is 62.1. The Balaban J connectivity index is 5.05. The molecule has 0 fully saturated rings. The summed E-state index contributed by atoms with van der Waals surface area (Å²) in [5.74, 6) is -0.553. The highest BCUT2D eigenvalue weighted by atomic mass is 31.2. The molecule has 0 saturated heterocycles. The van der Waals surface area contributed by atoms with E-state index in [2.05, 4.69) is 123 Å². The summed E-state index contributed by atoms with van der Waals surface area (Å²) in [6.07, 6.45) is 87.8. The second kappa shape index (κ2) is 63.7. The maximum Gasteiger partial charge on any atom is 0.306 e. The van der Waals surface area contributed by atoms with Crippen LogP contribution in [0.15, 0.2) is 109 Å². The Morgan fingerprint density at radius 3 is 1.15 bits per heavy atom. The Kier molecular flexibility index (Phi) is 61.2. The number of amides is 1. The summed E-state index contributed by atoms with van der Waals surface area (Å²) in [7, 11) is 1.17. The molecule has 9 nitrogen and oxygen atoms in total. The van der Waals surface area contributed by atoms with E-state index in [0.717, 1.165) is 128 Å². The topological polar surface area (TPSA) is 114 Å². The lowest BCUT2D eigenvalue weighted by atomic mass is 10.0. The lowest BCUT2D eigenvalue weighted by molar-refractivity contribution is -0.870. The quantitative estimate of drug-likeness (QED) is 0.0212. The molecule has 85 heavy (non-hydrogen) atoms. The number of ether oxygens (including phenoxy) is 1. The number of nitrogens with one attached hydrogen (secondary N) is 1. The number of carbonyl (C=O) groups excluding carboxylic acids is 2. The highest BCUT2D eigenvalue weighted by molar-refractivity contribution is 7.45. The van der Waals surface area contributed by atoms with Crippen LogP contribution in [0.3, 0.4) is 0 Å². The third-order valence-corrected chi connectivity index (χ3v) is 16.2. The van der Waals surface area contributed by atoms with Crippen molar-refractivity contribution in [3.8, 4) is 0 Å². The van der Waals surface area contributed by atoms with Crippen LogP contribution >= 0.6 is 7.82 Å². The number of hydrogen-bond donors (Lipinski definition) is 1. The van der Waals surface area contributed by atoms with E-state index >= 15 is 0 Å². The number of phosphoric acid groups is 1. The molecule has 0 aliphatic rings. The monoisotopic (exact) mass is 1200 g/mol. The zero-order valence-electron chi connectivity index (χ0n) is 56.0. The molecule has 3 atom stereocenters. The maximum atomic E-state index is 13.6. The van der Waals surface area contributed by atoms with Gasteiger partial charge in [0.15, 0.2) is 0 Å². The molecule has 0 aliphatic carbocycles. The van der Waals surface area contributed by atoms with Crippen LogP contribution in [0, 0.1) is 0 Å². The fourth-order valence-electron chi connectivity index (χ4n) is 9.79. The van der Waals surface area contributed by atoms with E-state index in [-0.39, 0.29) is 24.9 Å². The van der Waals surface area contributed by atoms with Crippen molar-refractivity contribution in [1.29, 1.82) is 0 Å². The van der Waals surface area contributed by atoms with Crippen LogP contribution in [0.4, 0.5) is 0 Å². The number of likely N-dealkylation sites (N-methyl/N-ethyl adjacent to an activating group) is 1. The van der Waals surface area contributed by atoms with E-state index in [1.165, 1.54) is 141 Å². The fourth-order valence-corrected chi connectivity index (χ4v) is 10.5. The predicted octanol–water partition coefficient (Wildman–Crippen LogP) is 21.8. The number of carbonyl (C=O) groups is 2. The van der Waals surface area contributed by atoms with E-state index in [4.69, 9.17) is 13.8 Å². The predicted molar refractivity (Wildman–Crippen MR) is 367 cm³/mol. The summed E-state index contributed by atoms with van der Waals surface area (Å²) in [5.41, 5.74) is 0. The summed E-state index contributed by atoms with van der Waals surface area (Å²) < 4.78 is 30.4. The van der Waals surface area contributed by atoms with Gasteiger partial charge in [-0.05, 0) is 115 Å². The Hall–Kier alpha value is -3.33. The number of nitrogens with zero attached hydrogens (tertiary/aromatic N) is 1. The number of quaternary nitrogens is 1. The van der Waals surface area contributed by atoms with Gasteiger partial charge in [-0.15, -0.1) is 0 Å². The minimum atomic E-state index is -4.71. The molecule has 0 aromatic rings. The number of hydrogen-bond acceptors (Lipinski definition) is 7. The maximum absolute atomic E-state index is 13.6. The van der Waals surface area contributed by atoms with Crippen LogP contribution < -0.4 is 10.2 Å². The van der Waals surface area contributed by atoms with Gasteiger partial charge in [-0.25, -0.2) is 0 Å². The van der Waals surface area contributed by atoms with Gasteiger partial charge in [0, 0.05) is 12.8 Å². The molecule has 0 rings (SSSR count). The lowest BCUT2D eigenvalue weighted by Gasteiger charge is -2.30. The van der Waals surface area contributed by atoms with Gasteiger partial charge in [0.1, 0.15) is 19.3 Å². The number of allylic oxidation sites excluding steroid dienone is 17. The van der Waals surface area contributed by atoms with Crippen LogP contribution in [0.25, 0.3) is 0 Å². The minimum absolute atomic E-state index is 0.0287. The van der Waals surface area contributed by atoms with Gasteiger partial charge < -0.3 is 28.5 Å². The minimum Gasteiger partial charge on any atom is -0.756 e. The molecule has 0 spiro atoms. The van der Waals surface area contributed by atoms with Gasteiger partial charge in [0.2, 0.25) is 5.91 Å². The lowest BCUT2D eigenvalue weighted by Crippen LogP contribution is -2.47. The second-order valence-corrected chi connectivity index (χ2v) is 26.1. The van der Waals surface area contributed by atoms with Crippen LogP contribution in [0.1, 0.15) is 303 Å². The van der Waals surface area contributed by atoms with E-state index < -0.39 is 26.6 Å². The number of rotatable bonds is 63. The first-order valence-corrected chi connectivity index (χ1v) is 36.7. The molecule has 0 radical (unpaired) electrons. The van der Waals surface area contributed by atoms with Crippen LogP contribution in [0.2, 0.25) is 0 Å². The van der Waals surface area contributed by atoms with Crippen molar-refractivity contribution in [2.75, 3.05) is 40.9 Å². The molecule has 1 N–H and O–H groups in total. The van der Waals surface area contributed by atoms with Crippen molar-refractivity contribution in [3.05, 3.63) is 109 Å². The summed E-state index contributed by atoms with van der Waals surface area (Å²) >= 11 is 0. The molecule has 0 saturated carbocycles. The van der Waals surface area contributed by atoms with Crippen LogP contribution in [-0.4, -0.2) is 69.4 Å². The fraction of sp³-hybridized carbons (Fsp3) is 0.733. The van der Waals surface area contributed by atoms with Crippen molar-refractivity contribution in [1.82, 2.24) is 5.32 Å². The van der Waals surface area contributed by atoms with Crippen molar-refractivity contribution >= 4 is 19.7 Å². The highest BCUT2D eigenvalue weighted by Gasteiger charge is 2.27. The average molecular weight is 1210 g/mol. The van der Waals surface area contributed by atoms with Crippen molar-refractivity contribution in [2.45, 2.75) is 315 Å². The van der Waals surface area contributed by atoms with E-state index in [1.54, 1.807) is 0 Å². The molecule has 10 heteroatoms. The molecule has 1 amide bonds. The number of unbranched alkanes of at least 4 members (excludes halogenated alkanes) is 31. The van der Waals surface area contributed by atoms with Crippen molar-refractivity contribution in [2.24, 2.45) is 0 Å². The molecule has 490 valence electrons. The third kappa shape index (κ3) is 65.0. The molecule has 0 aromatic carbocycles. The second-order valence-electron chi connectivity index (χ2n) is 24.6. The molecular weight excluding hydrogens is 1070 g/mol. The zero-order valence-corrected chi connectivity index (χ0v) is 56.9. The van der Waals surface area contributed by atoms with Gasteiger partial charge >= 0.3 is 5.97 Å². The Bertz CT molecular complexity index is 1820. The summed E-state index contributed by atoms with van der Waals surface area (Å²) in [4.78, 5) is 40.2. The molecule has 0 aromatic heterocycles.